The second-order valence-electron chi connectivity index (χ2n) is 5.29. The average Bonchev–Trinajstić information content (AvgIpc) is 3.32. The zero-order valence-corrected chi connectivity index (χ0v) is 11.2. The molecule has 1 aromatic rings. The minimum absolute atomic E-state index is 0.0408. The number of carbonyl (C=O) groups is 2. The van der Waals surface area contributed by atoms with Crippen LogP contribution in [0.4, 0.5) is 5.69 Å². The van der Waals surface area contributed by atoms with Gasteiger partial charge in [0, 0.05) is 18.2 Å². The van der Waals surface area contributed by atoms with E-state index in [1.807, 2.05) is 30.3 Å². The van der Waals surface area contributed by atoms with E-state index >= 15 is 0 Å². The lowest BCUT2D eigenvalue weighted by Gasteiger charge is -2.32. The lowest BCUT2D eigenvalue weighted by atomic mass is 10.2. The molecular weight excluding hydrogens is 256 g/mol. The minimum Gasteiger partial charge on any atom is -0.365 e. The predicted octanol–water partition coefficient (Wildman–Crippen LogP) is 0.945. The molecule has 1 saturated heterocycles. The molecule has 5 heteroatoms. The van der Waals surface area contributed by atoms with Crippen molar-refractivity contribution in [2.24, 2.45) is 5.92 Å². The van der Waals surface area contributed by atoms with Crippen LogP contribution in [0.15, 0.2) is 30.3 Å². The number of hydrogen-bond donors (Lipinski definition) is 1. The molecule has 2 aliphatic rings. The highest BCUT2D eigenvalue weighted by atomic mass is 16.5. The number of carbonyl (C=O) groups excluding carboxylic acids is 2. The van der Waals surface area contributed by atoms with E-state index in [0.29, 0.717) is 13.1 Å². The lowest BCUT2D eigenvalue weighted by molar-refractivity contribution is -0.129. The van der Waals surface area contributed by atoms with Crippen LogP contribution >= 0.6 is 0 Å². The Kier molecular flexibility index (Phi) is 3.69. The Hall–Kier alpha value is -1.88. The molecule has 1 N–H and O–H groups in total. The molecule has 0 bridgehead atoms. The van der Waals surface area contributed by atoms with Crippen molar-refractivity contribution in [3.8, 4) is 0 Å². The first-order valence-electron chi connectivity index (χ1n) is 6.99. The van der Waals surface area contributed by atoms with Gasteiger partial charge in [0.15, 0.2) is 0 Å². The van der Waals surface area contributed by atoms with Crippen LogP contribution in [-0.4, -0.2) is 37.6 Å². The lowest BCUT2D eigenvalue weighted by Crippen LogP contribution is -2.50. The minimum atomic E-state index is -0.143. The summed E-state index contributed by atoms with van der Waals surface area (Å²) in [5.74, 6) is 0.267. The second-order valence-corrected chi connectivity index (χ2v) is 5.29. The predicted molar refractivity (Wildman–Crippen MR) is 74.3 cm³/mol. The molecule has 1 saturated carbocycles. The molecule has 20 heavy (non-hydrogen) atoms. The van der Waals surface area contributed by atoms with Crippen molar-refractivity contribution in [1.82, 2.24) is 5.32 Å². The molecule has 1 aliphatic heterocycles. The Balaban J connectivity index is 1.58. The number of para-hydroxylation sites is 1. The van der Waals surface area contributed by atoms with Crippen molar-refractivity contribution in [3.63, 3.8) is 0 Å². The number of benzene rings is 1. The highest BCUT2D eigenvalue weighted by molar-refractivity contribution is 5.95. The highest BCUT2D eigenvalue weighted by Crippen LogP contribution is 2.28. The van der Waals surface area contributed by atoms with Gasteiger partial charge in [-0.15, -0.1) is 0 Å². The van der Waals surface area contributed by atoms with Crippen molar-refractivity contribution >= 4 is 17.5 Å². The second kappa shape index (κ2) is 5.63. The fourth-order valence-electron chi connectivity index (χ4n) is 2.31. The maximum atomic E-state index is 11.9. The molecule has 1 heterocycles. The zero-order valence-electron chi connectivity index (χ0n) is 11.2. The molecule has 0 radical (unpaired) electrons. The van der Waals surface area contributed by atoms with Crippen LogP contribution in [0.1, 0.15) is 12.8 Å². The molecule has 3 rings (SSSR count). The molecule has 2 fully saturated rings. The summed E-state index contributed by atoms with van der Waals surface area (Å²) in [6.07, 6.45) is 1.84. The first-order chi connectivity index (χ1) is 9.74. The van der Waals surface area contributed by atoms with Crippen molar-refractivity contribution in [3.05, 3.63) is 30.3 Å². The summed E-state index contributed by atoms with van der Waals surface area (Å²) in [5, 5.41) is 2.90. The number of hydrogen-bond acceptors (Lipinski definition) is 3. The third-order valence-electron chi connectivity index (χ3n) is 3.65. The van der Waals surface area contributed by atoms with Gasteiger partial charge in [0.2, 0.25) is 5.91 Å². The summed E-state index contributed by atoms with van der Waals surface area (Å²) < 4.78 is 5.49. The van der Waals surface area contributed by atoms with Gasteiger partial charge < -0.3 is 15.0 Å². The van der Waals surface area contributed by atoms with Crippen molar-refractivity contribution < 1.29 is 14.3 Å². The molecule has 106 valence electrons. The Morgan fingerprint density at radius 2 is 2.05 bits per heavy atom. The van der Waals surface area contributed by atoms with Gasteiger partial charge in [-0.1, -0.05) is 18.2 Å². The third kappa shape index (κ3) is 2.99. The van der Waals surface area contributed by atoms with E-state index in [4.69, 9.17) is 4.74 Å². The molecule has 2 amide bonds. The number of nitrogens with one attached hydrogen (secondary N) is 1. The number of morpholine rings is 1. The molecule has 1 aliphatic carbocycles. The molecule has 5 nitrogen and oxygen atoms in total. The largest absolute Gasteiger partial charge is 0.365 e. The molecule has 0 spiro atoms. The molecule has 1 unspecified atom stereocenters. The van der Waals surface area contributed by atoms with Gasteiger partial charge in [0.05, 0.1) is 12.6 Å². The normalized spacial score (nSPS) is 22.7. The van der Waals surface area contributed by atoms with E-state index in [0.717, 1.165) is 18.5 Å². The van der Waals surface area contributed by atoms with Crippen LogP contribution in [0.2, 0.25) is 0 Å². The monoisotopic (exact) mass is 274 g/mol. The Bertz CT molecular complexity index is 499. The number of rotatable bonds is 4. The fraction of sp³-hybridized carbons (Fsp3) is 0.467. The van der Waals surface area contributed by atoms with E-state index in [-0.39, 0.29) is 30.4 Å². The summed E-state index contributed by atoms with van der Waals surface area (Å²) in [6.45, 7) is 1.01. The van der Waals surface area contributed by atoms with Crippen molar-refractivity contribution in [1.29, 1.82) is 0 Å². The standard InChI is InChI=1S/C15H18N2O3/c18-14-10-20-13(8-16-15(19)11-6-7-11)9-17(14)12-4-2-1-3-5-12/h1-5,11,13H,6-10H2,(H,16,19). The molecule has 0 aromatic heterocycles. The fourth-order valence-corrected chi connectivity index (χ4v) is 2.31. The molecular formula is C15H18N2O3. The SMILES string of the molecule is O=C(NCC1CN(c2ccccc2)C(=O)CO1)C1CC1. The van der Waals surface area contributed by atoms with Crippen LogP contribution in [-0.2, 0) is 14.3 Å². The number of nitrogens with zero attached hydrogens (tertiary/aromatic N) is 1. The summed E-state index contributed by atoms with van der Waals surface area (Å²) in [6, 6.07) is 9.54. The van der Waals surface area contributed by atoms with E-state index in [9.17, 15) is 9.59 Å². The van der Waals surface area contributed by atoms with E-state index in [2.05, 4.69) is 5.32 Å². The first kappa shape index (κ1) is 13.1. The number of ether oxygens (including phenoxy) is 1. The summed E-state index contributed by atoms with van der Waals surface area (Å²) in [5.41, 5.74) is 0.874. The van der Waals surface area contributed by atoms with Crippen LogP contribution in [0.25, 0.3) is 0 Å². The van der Waals surface area contributed by atoms with E-state index < -0.39 is 0 Å². The maximum absolute atomic E-state index is 11.9. The van der Waals surface area contributed by atoms with Crippen LogP contribution < -0.4 is 10.2 Å². The molecule has 1 aromatic carbocycles. The van der Waals surface area contributed by atoms with Gasteiger partial charge in [-0.05, 0) is 25.0 Å². The maximum Gasteiger partial charge on any atom is 0.253 e. The summed E-state index contributed by atoms with van der Waals surface area (Å²) >= 11 is 0. The molecule has 1 atom stereocenters. The van der Waals surface area contributed by atoms with Crippen LogP contribution in [0, 0.1) is 5.92 Å². The van der Waals surface area contributed by atoms with Gasteiger partial charge in [-0.25, -0.2) is 0 Å². The quantitative estimate of drug-likeness (QED) is 0.889. The smallest absolute Gasteiger partial charge is 0.253 e. The first-order valence-corrected chi connectivity index (χ1v) is 6.99. The highest BCUT2D eigenvalue weighted by Gasteiger charge is 2.31. The van der Waals surface area contributed by atoms with Gasteiger partial charge in [-0.3, -0.25) is 9.59 Å². The summed E-state index contributed by atoms with van der Waals surface area (Å²) in [7, 11) is 0. The Labute approximate surface area is 117 Å². The van der Waals surface area contributed by atoms with Gasteiger partial charge >= 0.3 is 0 Å². The summed E-state index contributed by atoms with van der Waals surface area (Å²) in [4.78, 5) is 25.2. The van der Waals surface area contributed by atoms with Crippen LogP contribution in [0.3, 0.4) is 0 Å². The van der Waals surface area contributed by atoms with Gasteiger partial charge in [0.25, 0.3) is 5.91 Å². The van der Waals surface area contributed by atoms with E-state index in [1.165, 1.54) is 0 Å². The number of anilines is 1. The van der Waals surface area contributed by atoms with Gasteiger partial charge in [0.1, 0.15) is 6.61 Å². The van der Waals surface area contributed by atoms with Crippen molar-refractivity contribution in [2.45, 2.75) is 18.9 Å². The average molecular weight is 274 g/mol. The Morgan fingerprint density at radius 1 is 1.30 bits per heavy atom. The Morgan fingerprint density at radius 3 is 2.75 bits per heavy atom. The van der Waals surface area contributed by atoms with Gasteiger partial charge in [-0.2, -0.15) is 0 Å². The van der Waals surface area contributed by atoms with Crippen LogP contribution in [0.5, 0.6) is 0 Å². The number of amides is 2. The van der Waals surface area contributed by atoms with Crippen molar-refractivity contribution in [2.75, 3.05) is 24.6 Å². The third-order valence-corrected chi connectivity index (χ3v) is 3.65. The topological polar surface area (TPSA) is 58.6 Å². The zero-order chi connectivity index (χ0) is 13.9. The van der Waals surface area contributed by atoms with E-state index in [1.54, 1.807) is 4.90 Å².